The quantitative estimate of drug-likeness (QED) is 0.874. The molecule has 0 aliphatic heterocycles. The first-order valence-electron chi connectivity index (χ1n) is 8.14. The van der Waals surface area contributed by atoms with Crippen LogP contribution in [0.4, 0.5) is 0 Å². The molecule has 3 rings (SSSR count). The van der Waals surface area contributed by atoms with Crippen molar-refractivity contribution < 1.29 is 4.79 Å². The van der Waals surface area contributed by atoms with E-state index in [1.165, 1.54) is 18.4 Å². The van der Waals surface area contributed by atoms with Crippen LogP contribution in [0.25, 0.3) is 0 Å². The molecule has 2 N–H and O–H groups in total. The molecule has 2 fully saturated rings. The van der Waals surface area contributed by atoms with E-state index >= 15 is 0 Å². The molecule has 114 valence electrons. The summed E-state index contributed by atoms with van der Waals surface area (Å²) in [6, 6.07) is 10.5. The molecule has 3 nitrogen and oxygen atoms in total. The maximum Gasteiger partial charge on any atom is 0.243 e. The van der Waals surface area contributed by atoms with E-state index in [0.717, 1.165) is 12.8 Å². The van der Waals surface area contributed by atoms with Gasteiger partial charge in [-0.25, -0.2) is 0 Å². The Kier molecular flexibility index (Phi) is 3.78. The highest BCUT2D eigenvalue weighted by molar-refractivity contribution is 5.86. The number of nitrogens with zero attached hydrogens (tertiary/aromatic N) is 1. The zero-order valence-corrected chi connectivity index (χ0v) is 13.1. The summed E-state index contributed by atoms with van der Waals surface area (Å²) in [5.74, 6) is 1.16. The average Bonchev–Trinajstić information content (AvgIpc) is 3.35. The topological polar surface area (TPSA) is 46.3 Å². The van der Waals surface area contributed by atoms with Gasteiger partial charge in [-0.3, -0.25) is 4.79 Å². The van der Waals surface area contributed by atoms with E-state index in [-0.39, 0.29) is 5.91 Å². The monoisotopic (exact) mass is 286 g/mol. The van der Waals surface area contributed by atoms with Crippen LogP contribution in [-0.2, 0) is 11.3 Å². The normalized spacial score (nSPS) is 22.4. The first-order valence-corrected chi connectivity index (χ1v) is 8.14. The minimum atomic E-state index is -0.696. The molecule has 0 heterocycles. The molecule has 0 radical (unpaired) electrons. The number of hydrogen-bond acceptors (Lipinski definition) is 2. The molecule has 0 bridgehead atoms. The molecule has 3 heteroatoms. The fourth-order valence-corrected chi connectivity index (χ4v) is 3.18. The Balaban J connectivity index is 1.79. The van der Waals surface area contributed by atoms with Crippen LogP contribution < -0.4 is 5.73 Å². The molecule has 1 aromatic rings. The predicted molar refractivity (Wildman–Crippen MR) is 84.5 cm³/mol. The first-order chi connectivity index (χ1) is 10.00. The third-order valence-corrected chi connectivity index (χ3v) is 5.14. The Labute approximate surface area is 127 Å². The van der Waals surface area contributed by atoms with Crippen molar-refractivity contribution in [3.63, 3.8) is 0 Å². The van der Waals surface area contributed by atoms with Crippen LogP contribution in [0, 0.1) is 11.8 Å². The standard InChI is InChI=1S/C18H26N2O/c1-13(15-8-9-15)20(12-14-6-4-3-5-7-14)17(21)18(2,19)16-10-11-16/h3-7,13,15-16H,8-12,19H2,1-2H3. The molecule has 2 saturated carbocycles. The Hall–Kier alpha value is -1.35. The van der Waals surface area contributed by atoms with Gasteiger partial charge in [-0.2, -0.15) is 0 Å². The maximum absolute atomic E-state index is 13.0. The Bertz CT molecular complexity index is 503. The largest absolute Gasteiger partial charge is 0.334 e. The van der Waals surface area contributed by atoms with Crippen molar-refractivity contribution in [1.29, 1.82) is 0 Å². The van der Waals surface area contributed by atoms with Crippen molar-refractivity contribution in [2.75, 3.05) is 0 Å². The fourth-order valence-electron chi connectivity index (χ4n) is 3.18. The van der Waals surface area contributed by atoms with Gasteiger partial charge < -0.3 is 10.6 Å². The van der Waals surface area contributed by atoms with Crippen LogP contribution in [0.5, 0.6) is 0 Å². The van der Waals surface area contributed by atoms with E-state index < -0.39 is 5.54 Å². The minimum absolute atomic E-state index is 0.133. The van der Waals surface area contributed by atoms with E-state index in [2.05, 4.69) is 19.1 Å². The number of nitrogens with two attached hydrogens (primary N) is 1. The Morgan fingerprint density at radius 2 is 1.90 bits per heavy atom. The van der Waals surface area contributed by atoms with Crippen molar-refractivity contribution in [3.05, 3.63) is 35.9 Å². The summed E-state index contributed by atoms with van der Waals surface area (Å²) in [6.45, 7) is 4.78. The number of carbonyl (C=O) groups excluding carboxylic acids is 1. The van der Waals surface area contributed by atoms with E-state index in [0.29, 0.717) is 24.4 Å². The van der Waals surface area contributed by atoms with Gasteiger partial charge in [0.2, 0.25) is 5.91 Å². The third kappa shape index (κ3) is 3.13. The van der Waals surface area contributed by atoms with Crippen molar-refractivity contribution in [2.45, 2.75) is 57.7 Å². The maximum atomic E-state index is 13.0. The zero-order chi connectivity index (χ0) is 15.0. The molecular formula is C18H26N2O. The highest BCUT2D eigenvalue weighted by Gasteiger charge is 2.48. The lowest BCUT2D eigenvalue weighted by Gasteiger charge is -2.36. The molecule has 2 aliphatic carbocycles. The van der Waals surface area contributed by atoms with Gasteiger partial charge in [0.05, 0.1) is 5.54 Å². The summed E-state index contributed by atoms with van der Waals surface area (Å²) in [5, 5.41) is 0. The van der Waals surface area contributed by atoms with Crippen LogP contribution in [0.1, 0.15) is 45.1 Å². The van der Waals surface area contributed by atoms with Crippen molar-refractivity contribution >= 4 is 5.91 Å². The Morgan fingerprint density at radius 1 is 1.29 bits per heavy atom. The summed E-state index contributed by atoms with van der Waals surface area (Å²) in [5.41, 5.74) is 6.88. The second-order valence-electron chi connectivity index (χ2n) is 7.05. The highest BCUT2D eigenvalue weighted by atomic mass is 16.2. The lowest BCUT2D eigenvalue weighted by atomic mass is 9.93. The molecule has 2 unspecified atom stereocenters. The molecule has 2 aliphatic rings. The van der Waals surface area contributed by atoms with Gasteiger partial charge in [0.1, 0.15) is 0 Å². The lowest BCUT2D eigenvalue weighted by molar-refractivity contribution is -0.140. The van der Waals surface area contributed by atoms with Gasteiger partial charge in [0.15, 0.2) is 0 Å². The van der Waals surface area contributed by atoms with Gasteiger partial charge >= 0.3 is 0 Å². The summed E-state index contributed by atoms with van der Waals surface area (Å²) in [6.07, 6.45) is 4.67. The zero-order valence-electron chi connectivity index (χ0n) is 13.1. The van der Waals surface area contributed by atoms with Crippen LogP contribution in [0.3, 0.4) is 0 Å². The number of amides is 1. The lowest BCUT2D eigenvalue weighted by Crippen LogP contribution is -2.57. The van der Waals surface area contributed by atoms with Crippen LogP contribution in [0.2, 0.25) is 0 Å². The number of benzene rings is 1. The van der Waals surface area contributed by atoms with E-state index in [1.54, 1.807) is 0 Å². The predicted octanol–water partition coefficient (Wildman–Crippen LogP) is 2.94. The highest BCUT2D eigenvalue weighted by Crippen LogP contribution is 2.41. The van der Waals surface area contributed by atoms with Crippen molar-refractivity contribution in [2.24, 2.45) is 17.6 Å². The second kappa shape index (κ2) is 5.45. The minimum Gasteiger partial charge on any atom is -0.334 e. The Morgan fingerprint density at radius 3 is 2.43 bits per heavy atom. The molecule has 1 aromatic carbocycles. The number of rotatable bonds is 6. The van der Waals surface area contributed by atoms with Crippen LogP contribution in [-0.4, -0.2) is 22.4 Å². The molecule has 0 aromatic heterocycles. The van der Waals surface area contributed by atoms with Gasteiger partial charge in [-0.15, -0.1) is 0 Å². The molecule has 0 spiro atoms. The third-order valence-electron chi connectivity index (χ3n) is 5.14. The molecule has 1 amide bonds. The summed E-state index contributed by atoms with van der Waals surface area (Å²) in [4.78, 5) is 15.1. The van der Waals surface area contributed by atoms with Crippen molar-refractivity contribution in [1.82, 2.24) is 4.90 Å². The molecule has 21 heavy (non-hydrogen) atoms. The smallest absolute Gasteiger partial charge is 0.243 e. The van der Waals surface area contributed by atoms with E-state index in [9.17, 15) is 4.79 Å². The summed E-state index contributed by atoms with van der Waals surface area (Å²) >= 11 is 0. The molecular weight excluding hydrogens is 260 g/mol. The van der Waals surface area contributed by atoms with Gasteiger partial charge in [-0.1, -0.05) is 30.3 Å². The van der Waals surface area contributed by atoms with Gasteiger partial charge in [0.25, 0.3) is 0 Å². The van der Waals surface area contributed by atoms with Crippen LogP contribution >= 0.6 is 0 Å². The SMILES string of the molecule is CC(C1CC1)N(Cc1ccccc1)C(=O)C(C)(N)C1CC1. The molecule has 2 atom stereocenters. The van der Waals surface area contributed by atoms with Crippen LogP contribution in [0.15, 0.2) is 30.3 Å². The average molecular weight is 286 g/mol. The number of hydrogen-bond donors (Lipinski definition) is 1. The van der Waals surface area contributed by atoms with Gasteiger partial charge in [-0.05, 0) is 56.9 Å². The van der Waals surface area contributed by atoms with E-state index in [1.807, 2.05) is 30.0 Å². The summed E-state index contributed by atoms with van der Waals surface area (Å²) < 4.78 is 0. The first kappa shape index (κ1) is 14.6. The van der Waals surface area contributed by atoms with Crippen molar-refractivity contribution in [3.8, 4) is 0 Å². The number of carbonyl (C=O) groups is 1. The van der Waals surface area contributed by atoms with E-state index in [4.69, 9.17) is 5.73 Å². The second-order valence-corrected chi connectivity index (χ2v) is 7.05. The van der Waals surface area contributed by atoms with Gasteiger partial charge in [0, 0.05) is 12.6 Å². The molecule has 0 saturated heterocycles. The fraction of sp³-hybridized carbons (Fsp3) is 0.611. The summed E-state index contributed by atoms with van der Waals surface area (Å²) in [7, 11) is 0.